The lowest BCUT2D eigenvalue weighted by Gasteiger charge is -2.12. The van der Waals surface area contributed by atoms with Crippen molar-refractivity contribution in [3.8, 4) is 16.9 Å². The van der Waals surface area contributed by atoms with Crippen LogP contribution in [0.1, 0.15) is 75.8 Å². The van der Waals surface area contributed by atoms with Crippen molar-refractivity contribution >= 4 is 29.6 Å². The summed E-state index contributed by atoms with van der Waals surface area (Å²) in [4.78, 5) is 0. The molecule has 0 aliphatic carbocycles. The summed E-state index contributed by atoms with van der Waals surface area (Å²) in [6.07, 6.45) is 13.9. The molecule has 2 rings (SSSR count). The molecule has 0 saturated carbocycles. The molecule has 0 amide bonds. The minimum Gasteiger partial charge on any atom is -0.508 e. The molecule has 0 unspecified atom stereocenters. The Morgan fingerprint density at radius 3 is 2.07 bits per heavy atom. The van der Waals surface area contributed by atoms with E-state index < -0.39 is 7.42 Å². The molecule has 0 bridgehead atoms. The maximum Gasteiger partial charge on any atom is 0.237 e. The van der Waals surface area contributed by atoms with Gasteiger partial charge >= 0.3 is 0 Å². The molecular formula is C25H36Cl2OSi. The summed E-state index contributed by atoms with van der Waals surface area (Å²) in [5.41, 5.74) is 5.00. The third kappa shape index (κ3) is 9.59. The third-order valence-corrected chi connectivity index (χ3v) is 7.70. The SMILES string of the molecule is CCCCCCCCCCc1ccc(-c2ccc(O)cc2CCC[SiH](Cl)Cl)cc1. The van der Waals surface area contributed by atoms with Crippen LogP contribution in [-0.2, 0) is 12.8 Å². The van der Waals surface area contributed by atoms with Crippen LogP contribution in [0.15, 0.2) is 42.5 Å². The first-order valence-corrected chi connectivity index (χ1v) is 15.6. The lowest BCUT2D eigenvalue weighted by molar-refractivity contribution is 0.474. The Kier molecular flexibility index (Phi) is 11.8. The molecule has 4 heteroatoms. The maximum atomic E-state index is 9.89. The van der Waals surface area contributed by atoms with Crippen LogP contribution in [0.3, 0.4) is 0 Å². The Bertz CT molecular complexity index is 700. The lowest BCUT2D eigenvalue weighted by Crippen LogP contribution is -1.96. The van der Waals surface area contributed by atoms with Gasteiger partial charge in [-0.25, -0.2) is 0 Å². The summed E-state index contributed by atoms with van der Waals surface area (Å²) in [5, 5.41) is 9.89. The van der Waals surface area contributed by atoms with Crippen LogP contribution < -0.4 is 0 Å². The van der Waals surface area contributed by atoms with Gasteiger partial charge in [0.05, 0.1) is 0 Å². The van der Waals surface area contributed by atoms with E-state index in [9.17, 15) is 5.11 Å². The van der Waals surface area contributed by atoms with Crippen LogP contribution in [0.2, 0.25) is 6.04 Å². The number of unbranched alkanes of at least 4 members (excludes halogenated alkanes) is 7. The molecule has 0 spiro atoms. The van der Waals surface area contributed by atoms with Crippen molar-refractivity contribution in [2.75, 3.05) is 0 Å². The van der Waals surface area contributed by atoms with Gasteiger partial charge in [0.2, 0.25) is 7.42 Å². The molecule has 0 aliphatic rings. The lowest BCUT2D eigenvalue weighted by atomic mass is 9.95. The Balaban J connectivity index is 1.84. The number of phenols is 1. The summed E-state index contributed by atoms with van der Waals surface area (Å²) >= 11 is 12.0. The Labute approximate surface area is 188 Å². The number of phenolic OH excluding ortho intramolecular Hbond substituents is 1. The normalized spacial score (nSPS) is 11.3. The second-order valence-corrected chi connectivity index (χ2v) is 13.2. The van der Waals surface area contributed by atoms with Crippen molar-refractivity contribution in [2.24, 2.45) is 0 Å². The van der Waals surface area contributed by atoms with Gasteiger partial charge in [-0.2, -0.15) is 22.2 Å². The average molecular weight is 452 g/mol. The van der Waals surface area contributed by atoms with Crippen LogP contribution in [0.5, 0.6) is 5.75 Å². The highest BCUT2D eigenvalue weighted by molar-refractivity contribution is 7.33. The average Bonchev–Trinajstić information content (AvgIpc) is 2.70. The Hall–Kier alpha value is -0.963. The van der Waals surface area contributed by atoms with Crippen LogP contribution in [0, 0.1) is 0 Å². The van der Waals surface area contributed by atoms with Gasteiger partial charge in [0, 0.05) is 0 Å². The summed E-state index contributed by atoms with van der Waals surface area (Å²) < 4.78 is 0. The van der Waals surface area contributed by atoms with Crippen LogP contribution >= 0.6 is 22.2 Å². The molecule has 160 valence electrons. The zero-order valence-electron chi connectivity index (χ0n) is 17.8. The van der Waals surface area contributed by atoms with E-state index >= 15 is 0 Å². The molecule has 0 heterocycles. The standard InChI is InChI=1S/C25H36Cl2OSi/c1-2-3-4-5-6-7-8-9-11-21-13-15-22(16-14-21)25-18-17-24(28)20-23(25)12-10-19-29(26)27/h13-18,20,28-29H,2-12,19H2,1H3. The van der Waals surface area contributed by atoms with Crippen molar-refractivity contribution in [1.29, 1.82) is 0 Å². The molecule has 2 aromatic rings. The number of hydrogen-bond acceptors (Lipinski definition) is 1. The van der Waals surface area contributed by atoms with Crippen molar-refractivity contribution < 1.29 is 5.11 Å². The second kappa shape index (κ2) is 14.1. The molecule has 1 N–H and O–H groups in total. The first-order valence-electron chi connectivity index (χ1n) is 11.3. The van der Waals surface area contributed by atoms with E-state index in [0.29, 0.717) is 5.75 Å². The first kappa shape index (κ1) is 24.3. The molecule has 0 aromatic heterocycles. The van der Waals surface area contributed by atoms with E-state index in [1.54, 1.807) is 6.07 Å². The van der Waals surface area contributed by atoms with E-state index in [1.807, 2.05) is 12.1 Å². The molecule has 29 heavy (non-hydrogen) atoms. The number of aryl methyl sites for hydroxylation is 2. The maximum absolute atomic E-state index is 9.89. The highest BCUT2D eigenvalue weighted by Gasteiger charge is 2.09. The fourth-order valence-corrected chi connectivity index (χ4v) is 5.27. The molecular weight excluding hydrogens is 415 g/mol. The Morgan fingerprint density at radius 1 is 0.759 bits per heavy atom. The highest BCUT2D eigenvalue weighted by Crippen LogP contribution is 2.29. The van der Waals surface area contributed by atoms with Gasteiger partial charge in [0.15, 0.2) is 0 Å². The predicted molar refractivity (Wildman–Crippen MR) is 132 cm³/mol. The fourth-order valence-electron chi connectivity index (χ4n) is 3.83. The van der Waals surface area contributed by atoms with Gasteiger partial charge < -0.3 is 5.11 Å². The summed E-state index contributed by atoms with van der Waals surface area (Å²) in [6, 6.07) is 15.5. The summed E-state index contributed by atoms with van der Waals surface area (Å²) in [6.45, 7) is 2.27. The van der Waals surface area contributed by atoms with Gasteiger partial charge in [-0.3, -0.25) is 0 Å². The fraction of sp³-hybridized carbons (Fsp3) is 0.520. The number of rotatable bonds is 14. The molecule has 0 fully saturated rings. The quantitative estimate of drug-likeness (QED) is 0.174. The largest absolute Gasteiger partial charge is 0.508 e. The van der Waals surface area contributed by atoms with Crippen molar-refractivity contribution in [3.05, 3.63) is 53.6 Å². The third-order valence-electron chi connectivity index (χ3n) is 5.54. The number of hydrogen-bond donors (Lipinski definition) is 1. The van der Waals surface area contributed by atoms with Crippen molar-refractivity contribution in [2.45, 2.75) is 83.6 Å². The van der Waals surface area contributed by atoms with Crippen molar-refractivity contribution in [1.82, 2.24) is 0 Å². The van der Waals surface area contributed by atoms with Crippen molar-refractivity contribution in [3.63, 3.8) is 0 Å². The van der Waals surface area contributed by atoms with Gasteiger partial charge in [-0.05, 0) is 66.1 Å². The molecule has 2 aromatic carbocycles. The van der Waals surface area contributed by atoms with Crippen LogP contribution in [0.4, 0.5) is 0 Å². The first-order chi connectivity index (χ1) is 14.1. The molecule has 0 aliphatic heterocycles. The second-order valence-electron chi connectivity index (χ2n) is 8.05. The minimum absolute atomic E-state index is 0.320. The van der Waals surface area contributed by atoms with Crippen LogP contribution in [0.25, 0.3) is 11.1 Å². The van der Waals surface area contributed by atoms with Gasteiger partial charge in [-0.1, -0.05) is 82.2 Å². The minimum atomic E-state index is -1.56. The molecule has 1 nitrogen and oxygen atoms in total. The number of aromatic hydroxyl groups is 1. The smallest absolute Gasteiger partial charge is 0.237 e. The van der Waals surface area contributed by atoms with E-state index in [1.165, 1.54) is 73.6 Å². The topological polar surface area (TPSA) is 20.2 Å². The predicted octanol–water partition coefficient (Wildman–Crippen LogP) is 8.37. The van der Waals surface area contributed by atoms with Gasteiger partial charge in [0.25, 0.3) is 0 Å². The molecule has 0 atom stereocenters. The summed E-state index contributed by atoms with van der Waals surface area (Å²) in [5.74, 6) is 0.320. The van der Waals surface area contributed by atoms with E-state index in [2.05, 4.69) is 31.2 Å². The van der Waals surface area contributed by atoms with E-state index in [4.69, 9.17) is 22.2 Å². The number of benzene rings is 2. The zero-order valence-corrected chi connectivity index (χ0v) is 20.5. The Morgan fingerprint density at radius 2 is 1.41 bits per heavy atom. The van der Waals surface area contributed by atoms with Gasteiger partial charge in [-0.15, -0.1) is 0 Å². The van der Waals surface area contributed by atoms with E-state index in [-0.39, 0.29) is 0 Å². The molecule has 0 saturated heterocycles. The highest BCUT2D eigenvalue weighted by atomic mass is 35.7. The monoisotopic (exact) mass is 450 g/mol. The van der Waals surface area contributed by atoms with Crippen LogP contribution in [-0.4, -0.2) is 12.5 Å². The number of halogens is 2. The summed E-state index contributed by atoms with van der Waals surface area (Å²) in [7, 11) is -1.56. The van der Waals surface area contributed by atoms with E-state index in [0.717, 1.165) is 25.3 Å². The zero-order chi connectivity index (χ0) is 20.9. The van der Waals surface area contributed by atoms with Gasteiger partial charge in [0.1, 0.15) is 5.75 Å². The molecule has 0 radical (unpaired) electrons.